The van der Waals surface area contributed by atoms with E-state index in [0.717, 1.165) is 30.2 Å². The van der Waals surface area contributed by atoms with Crippen LogP contribution in [0.1, 0.15) is 44.7 Å². The van der Waals surface area contributed by atoms with Crippen molar-refractivity contribution < 1.29 is 4.74 Å². The monoisotopic (exact) mass is 531 g/mol. The molecule has 1 heterocycles. The molecule has 6 nitrogen and oxygen atoms in total. The lowest BCUT2D eigenvalue weighted by molar-refractivity contribution is 0.136. The molecule has 0 bridgehead atoms. The summed E-state index contributed by atoms with van der Waals surface area (Å²) in [5, 5.41) is 6.85. The molecule has 0 unspecified atom stereocenters. The molecule has 1 aromatic carbocycles. The van der Waals surface area contributed by atoms with Gasteiger partial charge in [-0.25, -0.2) is 0 Å². The molecule has 0 atom stereocenters. The van der Waals surface area contributed by atoms with Crippen LogP contribution >= 0.6 is 24.0 Å². The van der Waals surface area contributed by atoms with Crippen molar-refractivity contribution in [2.24, 2.45) is 4.99 Å². The molecule has 1 fully saturated rings. The van der Waals surface area contributed by atoms with Crippen LogP contribution < -0.4 is 15.4 Å². The minimum Gasteiger partial charge on any atom is -0.491 e. The van der Waals surface area contributed by atoms with Crippen LogP contribution in [-0.4, -0.2) is 74.7 Å². The van der Waals surface area contributed by atoms with Crippen molar-refractivity contribution in [2.75, 3.05) is 52.9 Å². The maximum atomic E-state index is 5.97. The summed E-state index contributed by atoms with van der Waals surface area (Å²) in [7, 11) is 1.82. The topological polar surface area (TPSA) is 52.1 Å². The number of piperazine rings is 1. The molecule has 2 rings (SSSR count). The summed E-state index contributed by atoms with van der Waals surface area (Å²) in [4.78, 5) is 9.47. The normalized spacial score (nSPS) is 15.7. The van der Waals surface area contributed by atoms with Gasteiger partial charge in [-0.3, -0.25) is 4.99 Å². The molecule has 1 aliphatic rings. The van der Waals surface area contributed by atoms with Gasteiger partial charge in [-0.05, 0) is 58.3 Å². The standard InChI is InChI=1S/C23H41N5O.HI/c1-6-27-13-15-28(16-14-27)12-8-7-11-25-23(24-5)26-18-21-10-9-20(4)17-22(21)29-19(2)3;/h9-10,17,19H,6-8,11-16,18H2,1-5H3,(H2,24,25,26);1H. The highest BCUT2D eigenvalue weighted by Crippen LogP contribution is 2.21. The average Bonchev–Trinajstić information content (AvgIpc) is 2.71. The van der Waals surface area contributed by atoms with Crippen LogP contribution in [0, 0.1) is 6.92 Å². The van der Waals surface area contributed by atoms with Crippen molar-refractivity contribution in [2.45, 2.75) is 53.2 Å². The van der Waals surface area contributed by atoms with E-state index in [2.05, 4.69) is 71.3 Å². The number of nitrogens with zero attached hydrogens (tertiary/aromatic N) is 3. The zero-order valence-electron chi connectivity index (χ0n) is 19.5. The van der Waals surface area contributed by atoms with Crippen LogP contribution in [0.25, 0.3) is 0 Å². The molecule has 0 aromatic heterocycles. The van der Waals surface area contributed by atoms with Gasteiger partial charge in [-0.15, -0.1) is 24.0 Å². The number of nitrogens with one attached hydrogen (secondary N) is 2. The number of rotatable bonds is 10. The molecule has 172 valence electrons. The first-order valence-corrected chi connectivity index (χ1v) is 11.2. The van der Waals surface area contributed by atoms with Crippen LogP contribution in [0.15, 0.2) is 23.2 Å². The minimum atomic E-state index is 0. The van der Waals surface area contributed by atoms with Crippen molar-refractivity contribution in [1.82, 2.24) is 20.4 Å². The van der Waals surface area contributed by atoms with E-state index in [0.29, 0.717) is 6.54 Å². The first-order chi connectivity index (χ1) is 14.0. The molecule has 2 N–H and O–H groups in total. The lowest BCUT2D eigenvalue weighted by Gasteiger charge is -2.34. The van der Waals surface area contributed by atoms with Gasteiger partial charge in [0.25, 0.3) is 0 Å². The predicted octanol–water partition coefficient (Wildman–Crippen LogP) is 3.48. The van der Waals surface area contributed by atoms with Crippen molar-refractivity contribution >= 4 is 29.9 Å². The van der Waals surface area contributed by atoms with Crippen LogP contribution in [0.2, 0.25) is 0 Å². The summed E-state index contributed by atoms with van der Waals surface area (Å²) in [5.74, 6) is 1.80. The number of ether oxygens (including phenoxy) is 1. The lowest BCUT2D eigenvalue weighted by atomic mass is 10.1. The molecule has 0 saturated carbocycles. The second-order valence-corrected chi connectivity index (χ2v) is 8.11. The smallest absolute Gasteiger partial charge is 0.191 e. The van der Waals surface area contributed by atoms with E-state index in [-0.39, 0.29) is 30.1 Å². The van der Waals surface area contributed by atoms with Crippen LogP contribution in [0.4, 0.5) is 0 Å². The Hall–Kier alpha value is -1.06. The quantitative estimate of drug-likeness (QED) is 0.210. The molecule has 1 aromatic rings. The van der Waals surface area contributed by atoms with Crippen LogP contribution in [0.3, 0.4) is 0 Å². The SMILES string of the molecule is CCN1CCN(CCCCNC(=NC)NCc2ccc(C)cc2OC(C)C)CC1.I. The number of hydrogen-bond donors (Lipinski definition) is 2. The van der Waals surface area contributed by atoms with Gasteiger partial charge in [-0.1, -0.05) is 19.1 Å². The van der Waals surface area contributed by atoms with E-state index in [1.165, 1.54) is 51.3 Å². The van der Waals surface area contributed by atoms with E-state index in [1.807, 2.05) is 7.05 Å². The Bertz CT molecular complexity index is 630. The lowest BCUT2D eigenvalue weighted by Crippen LogP contribution is -2.46. The van der Waals surface area contributed by atoms with E-state index < -0.39 is 0 Å². The fraction of sp³-hybridized carbons (Fsp3) is 0.696. The Morgan fingerprint density at radius 1 is 1.10 bits per heavy atom. The van der Waals surface area contributed by atoms with Crippen molar-refractivity contribution in [3.8, 4) is 5.75 Å². The third kappa shape index (κ3) is 9.83. The summed E-state index contributed by atoms with van der Waals surface area (Å²) in [5.41, 5.74) is 2.36. The van der Waals surface area contributed by atoms with Gasteiger partial charge in [0, 0.05) is 51.9 Å². The predicted molar refractivity (Wildman–Crippen MR) is 138 cm³/mol. The largest absolute Gasteiger partial charge is 0.491 e. The number of halogens is 1. The summed E-state index contributed by atoms with van der Waals surface area (Å²) in [6.07, 6.45) is 2.54. The third-order valence-electron chi connectivity index (χ3n) is 5.36. The second-order valence-electron chi connectivity index (χ2n) is 8.11. The molecule has 1 aliphatic heterocycles. The molecule has 0 radical (unpaired) electrons. The van der Waals surface area contributed by atoms with Gasteiger partial charge < -0.3 is 25.2 Å². The summed E-state index contributed by atoms with van der Waals surface area (Å²) < 4.78 is 5.97. The molecule has 0 amide bonds. The van der Waals surface area contributed by atoms with Gasteiger partial charge in [0.1, 0.15) is 5.75 Å². The maximum absolute atomic E-state index is 5.97. The Labute approximate surface area is 200 Å². The van der Waals surface area contributed by atoms with E-state index in [9.17, 15) is 0 Å². The molecular formula is C23H42IN5O. The van der Waals surface area contributed by atoms with Crippen molar-refractivity contribution in [1.29, 1.82) is 0 Å². The summed E-state index contributed by atoms with van der Waals surface area (Å²) in [6, 6.07) is 6.36. The summed E-state index contributed by atoms with van der Waals surface area (Å²) in [6.45, 7) is 17.3. The summed E-state index contributed by atoms with van der Waals surface area (Å²) >= 11 is 0. The Morgan fingerprint density at radius 3 is 2.43 bits per heavy atom. The molecule has 7 heteroatoms. The van der Waals surface area contributed by atoms with E-state index >= 15 is 0 Å². The van der Waals surface area contributed by atoms with Gasteiger partial charge in [0.15, 0.2) is 5.96 Å². The fourth-order valence-electron chi connectivity index (χ4n) is 3.57. The Balaban J connectivity index is 0.00000450. The zero-order chi connectivity index (χ0) is 21.1. The second kappa shape index (κ2) is 14.9. The Kier molecular flexibility index (Phi) is 13.4. The molecule has 0 spiro atoms. The number of hydrogen-bond acceptors (Lipinski definition) is 4. The highest BCUT2D eigenvalue weighted by atomic mass is 127. The van der Waals surface area contributed by atoms with E-state index in [4.69, 9.17) is 4.74 Å². The molecule has 1 saturated heterocycles. The first-order valence-electron chi connectivity index (χ1n) is 11.2. The minimum absolute atomic E-state index is 0. The van der Waals surface area contributed by atoms with Crippen LogP contribution in [0.5, 0.6) is 5.75 Å². The molecule has 0 aliphatic carbocycles. The number of aliphatic imine (C=N–C) groups is 1. The van der Waals surface area contributed by atoms with Crippen LogP contribution in [-0.2, 0) is 6.54 Å². The van der Waals surface area contributed by atoms with Gasteiger partial charge in [0.05, 0.1) is 6.10 Å². The number of unbranched alkanes of at least 4 members (excludes halogenated alkanes) is 1. The number of guanidine groups is 1. The number of aryl methyl sites for hydroxylation is 1. The Morgan fingerprint density at radius 2 is 1.80 bits per heavy atom. The fourth-order valence-corrected chi connectivity index (χ4v) is 3.57. The van der Waals surface area contributed by atoms with Crippen molar-refractivity contribution in [3.05, 3.63) is 29.3 Å². The van der Waals surface area contributed by atoms with E-state index in [1.54, 1.807) is 0 Å². The number of benzene rings is 1. The molecular weight excluding hydrogens is 489 g/mol. The average molecular weight is 532 g/mol. The highest BCUT2D eigenvalue weighted by molar-refractivity contribution is 14.0. The zero-order valence-corrected chi connectivity index (χ0v) is 21.9. The van der Waals surface area contributed by atoms with Gasteiger partial charge in [0.2, 0.25) is 0 Å². The highest BCUT2D eigenvalue weighted by Gasteiger charge is 2.14. The van der Waals surface area contributed by atoms with Gasteiger partial charge in [-0.2, -0.15) is 0 Å². The first kappa shape index (κ1) is 27.0. The third-order valence-corrected chi connectivity index (χ3v) is 5.36. The maximum Gasteiger partial charge on any atom is 0.191 e. The molecule has 30 heavy (non-hydrogen) atoms. The number of likely N-dealkylation sites (N-methyl/N-ethyl adjacent to an activating group) is 1. The van der Waals surface area contributed by atoms with Gasteiger partial charge >= 0.3 is 0 Å². The van der Waals surface area contributed by atoms with Crippen molar-refractivity contribution in [3.63, 3.8) is 0 Å².